The van der Waals surface area contributed by atoms with Crippen molar-refractivity contribution in [1.82, 2.24) is 10.3 Å². The average molecular weight is 489 g/mol. The molecule has 2 N–H and O–H groups in total. The molecule has 1 heterocycles. The molecular formula is C30H49ClN2O. The van der Waals surface area contributed by atoms with Gasteiger partial charge in [0.25, 0.3) is 0 Å². The summed E-state index contributed by atoms with van der Waals surface area (Å²) < 4.78 is 0. The number of unbranched alkanes of at least 4 members (excludes halogenated alkanes) is 16. The molecule has 1 aromatic heterocycles. The van der Waals surface area contributed by atoms with E-state index in [-0.39, 0.29) is 5.91 Å². The summed E-state index contributed by atoms with van der Waals surface area (Å²) in [6.07, 6.45) is 26.7. The van der Waals surface area contributed by atoms with Crippen molar-refractivity contribution in [2.24, 2.45) is 0 Å². The van der Waals surface area contributed by atoms with Gasteiger partial charge in [-0.15, -0.1) is 0 Å². The molecule has 0 aliphatic carbocycles. The monoisotopic (exact) mass is 488 g/mol. The van der Waals surface area contributed by atoms with E-state index in [2.05, 4.69) is 23.3 Å². The fourth-order valence-electron chi connectivity index (χ4n) is 4.82. The van der Waals surface area contributed by atoms with Gasteiger partial charge in [0.15, 0.2) is 0 Å². The number of hydrogen-bond donors (Lipinski definition) is 2. The van der Waals surface area contributed by atoms with Gasteiger partial charge in [0, 0.05) is 24.5 Å². The van der Waals surface area contributed by atoms with E-state index >= 15 is 0 Å². The number of amides is 1. The number of hydrogen-bond acceptors (Lipinski definition) is 1. The number of nitrogens with one attached hydrogen (secondary N) is 2. The highest BCUT2D eigenvalue weighted by atomic mass is 35.5. The molecule has 0 unspecified atom stereocenters. The van der Waals surface area contributed by atoms with Crippen LogP contribution in [-0.2, 0) is 11.2 Å². The highest BCUT2D eigenvalue weighted by Gasteiger charge is 2.07. The zero-order valence-electron chi connectivity index (χ0n) is 21.7. The largest absolute Gasteiger partial charge is 0.360 e. The number of para-hydroxylation sites is 1. The molecular weight excluding hydrogens is 440 g/mol. The number of halogens is 1. The van der Waals surface area contributed by atoms with E-state index in [1.54, 1.807) is 0 Å². The predicted molar refractivity (Wildman–Crippen MR) is 149 cm³/mol. The summed E-state index contributed by atoms with van der Waals surface area (Å²) in [5, 5.41) is 4.96. The lowest BCUT2D eigenvalue weighted by molar-refractivity contribution is -0.121. The van der Waals surface area contributed by atoms with Crippen LogP contribution in [0.15, 0.2) is 24.4 Å². The Balaban J connectivity index is 1.33. The van der Waals surface area contributed by atoms with Gasteiger partial charge in [-0.25, -0.2) is 0 Å². The van der Waals surface area contributed by atoms with Crippen molar-refractivity contribution in [3.05, 3.63) is 35.0 Å². The summed E-state index contributed by atoms with van der Waals surface area (Å²) in [7, 11) is 0. The van der Waals surface area contributed by atoms with Crippen molar-refractivity contribution in [3.63, 3.8) is 0 Å². The van der Waals surface area contributed by atoms with Gasteiger partial charge >= 0.3 is 0 Å². The van der Waals surface area contributed by atoms with Gasteiger partial charge in [0.1, 0.15) is 0 Å². The highest BCUT2D eigenvalue weighted by molar-refractivity contribution is 6.35. The second kappa shape index (κ2) is 18.8. The molecule has 34 heavy (non-hydrogen) atoms. The van der Waals surface area contributed by atoms with Gasteiger partial charge in [-0.3, -0.25) is 4.79 Å². The van der Waals surface area contributed by atoms with Crippen LogP contribution in [0.25, 0.3) is 10.9 Å². The summed E-state index contributed by atoms with van der Waals surface area (Å²) in [5.74, 6) is 0.179. The number of rotatable bonds is 21. The normalized spacial score (nSPS) is 11.4. The van der Waals surface area contributed by atoms with Crippen LogP contribution < -0.4 is 5.32 Å². The summed E-state index contributed by atoms with van der Waals surface area (Å²) in [6, 6.07) is 5.94. The first-order chi connectivity index (χ1) is 16.7. The maximum atomic E-state index is 12.1. The number of aromatic amines is 1. The number of H-pyrrole nitrogens is 1. The molecule has 0 aliphatic rings. The van der Waals surface area contributed by atoms with E-state index in [4.69, 9.17) is 11.6 Å². The van der Waals surface area contributed by atoms with E-state index < -0.39 is 0 Å². The molecule has 192 valence electrons. The Morgan fingerprint density at radius 2 is 1.32 bits per heavy atom. The van der Waals surface area contributed by atoms with Gasteiger partial charge in [-0.2, -0.15) is 0 Å². The van der Waals surface area contributed by atoms with Gasteiger partial charge in [-0.05, 0) is 24.5 Å². The van der Waals surface area contributed by atoms with E-state index in [0.717, 1.165) is 28.8 Å². The molecule has 4 heteroatoms. The summed E-state index contributed by atoms with van der Waals surface area (Å²) in [4.78, 5) is 15.3. The molecule has 0 aliphatic heterocycles. The minimum absolute atomic E-state index is 0.179. The molecule has 1 aromatic carbocycles. The smallest absolute Gasteiger partial charge is 0.220 e. The van der Waals surface area contributed by atoms with Crippen LogP contribution in [0, 0.1) is 0 Å². The fourth-order valence-corrected chi connectivity index (χ4v) is 5.05. The first-order valence-electron chi connectivity index (χ1n) is 14.2. The number of aromatic nitrogens is 1. The van der Waals surface area contributed by atoms with Crippen molar-refractivity contribution in [3.8, 4) is 0 Å². The van der Waals surface area contributed by atoms with Crippen molar-refractivity contribution in [2.45, 2.75) is 129 Å². The van der Waals surface area contributed by atoms with Crippen molar-refractivity contribution in [1.29, 1.82) is 0 Å². The Hall–Kier alpha value is -1.48. The van der Waals surface area contributed by atoms with Gasteiger partial charge < -0.3 is 10.3 Å². The molecule has 2 rings (SSSR count). The van der Waals surface area contributed by atoms with Crippen molar-refractivity contribution < 1.29 is 4.79 Å². The maximum absolute atomic E-state index is 12.1. The third kappa shape index (κ3) is 12.3. The first-order valence-corrected chi connectivity index (χ1v) is 14.6. The van der Waals surface area contributed by atoms with Crippen LogP contribution >= 0.6 is 11.6 Å². The van der Waals surface area contributed by atoms with Crippen LogP contribution in [0.2, 0.25) is 5.02 Å². The number of carbonyl (C=O) groups is 1. The lowest BCUT2D eigenvalue weighted by atomic mass is 10.0. The second-order valence-corrected chi connectivity index (χ2v) is 10.4. The minimum Gasteiger partial charge on any atom is -0.360 e. The van der Waals surface area contributed by atoms with Crippen LogP contribution in [-0.4, -0.2) is 17.4 Å². The minimum atomic E-state index is 0.179. The van der Waals surface area contributed by atoms with Crippen LogP contribution in [0.4, 0.5) is 0 Å². The van der Waals surface area contributed by atoms with Crippen LogP contribution in [0.5, 0.6) is 0 Å². The average Bonchev–Trinajstić information content (AvgIpc) is 3.25. The molecule has 1 amide bonds. The standard InChI is InChI=1S/C30H49ClN2O/c1-2-3-4-5-6-7-8-9-10-11-12-13-14-15-16-17-18-22-29(34)32-24-23-26-25-33-30-27(26)20-19-21-28(30)31/h19-21,25,33H,2-18,22-24H2,1H3,(H,32,34). The SMILES string of the molecule is CCCCCCCCCCCCCCCCCCCC(=O)NCCc1c[nH]c2c(Cl)cccc12. The molecule has 2 aromatic rings. The van der Waals surface area contributed by atoms with Gasteiger partial charge in [0.05, 0.1) is 10.5 Å². The molecule has 0 saturated carbocycles. The van der Waals surface area contributed by atoms with Crippen LogP contribution in [0.3, 0.4) is 0 Å². The Morgan fingerprint density at radius 3 is 1.88 bits per heavy atom. The maximum Gasteiger partial charge on any atom is 0.220 e. The molecule has 0 saturated heterocycles. The lowest BCUT2D eigenvalue weighted by Crippen LogP contribution is -2.25. The molecule has 0 atom stereocenters. The van der Waals surface area contributed by atoms with Gasteiger partial charge in [-0.1, -0.05) is 133 Å². The van der Waals surface area contributed by atoms with Crippen molar-refractivity contribution >= 4 is 28.4 Å². The Kier molecular flexibility index (Phi) is 15.9. The predicted octanol–water partition coefficient (Wildman–Crippen LogP) is 9.52. The number of fused-ring (bicyclic) bond motifs is 1. The Labute approximate surface area is 213 Å². The Bertz CT molecular complexity index is 785. The molecule has 0 bridgehead atoms. The third-order valence-corrected chi connectivity index (χ3v) is 7.29. The number of benzene rings is 1. The second-order valence-electron chi connectivity index (χ2n) is 9.98. The van der Waals surface area contributed by atoms with E-state index in [1.165, 1.54) is 108 Å². The zero-order valence-corrected chi connectivity index (χ0v) is 22.5. The van der Waals surface area contributed by atoms with E-state index in [9.17, 15) is 4.79 Å². The Morgan fingerprint density at radius 1 is 0.794 bits per heavy atom. The molecule has 0 fully saturated rings. The molecule has 3 nitrogen and oxygen atoms in total. The van der Waals surface area contributed by atoms with Crippen molar-refractivity contribution in [2.75, 3.05) is 6.54 Å². The fraction of sp³-hybridized carbons (Fsp3) is 0.700. The molecule has 0 spiro atoms. The zero-order chi connectivity index (χ0) is 24.3. The van der Waals surface area contributed by atoms with Crippen LogP contribution in [0.1, 0.15) is 128 Å². The lowest BCUT2D eigenvalue weighted by Gasteiger charge is -2.06. The third-order valence-electron chi connectivity index (χ3n) is 6.97. The molecule has 0 radical (unpaired) electrons. The summed E-state index contributed by atoms with van der Waals surface area (Å²) >= 11 is 6.22. The quantitative estimate of drug-likeness (QED) is 0.169. The number of carbonyl (C=O) groups excluding carboxylic acids is 1. The summed E-state index contributed by atoms with van der Waals surface area (Å²) in [5.41, 5.74) is 2.18. The summed E-state index contributed by atoms with van der Waals surface area (Å²) in [6.45, 7) is 2.96. The topological polar surface area (TPSA) is 44.9 Å². The highest BCUT2D eigenvalue weighted by Crippen LogP contribution is 2.25. The van der Waals surface area contributed by atoms with Gasteiger partial charge in [0.2, 0.25) is 5.91 Å². The first kappa shape index (κ1) is 28.8. The van der Waals surface area contributed by atoms with E-state index in [0.29, 0.717) is 13.0 Å². The van der Waals surface area contributed by atoms with E-state index in [1.807, 2.05) is 18.3 Å².